The van der Waals surface area contributed by atoms with Crippen LogP contribution in [0.1, 0.15) is 18.3 Å². The van der Waals surface area contributed by atoms with E-state index < -0.39 is 23.5 Å². The van der Waals surface area contributed by atoms with Gasteiger partial charge in [0.05, 0.1) is 12.2 Å². The first-order chi connectivity index (χ1) is 9.81. The van der Waals surface area contributed by atoms with E-state index in [4.69, 9.17) is 0 Å². The zero-order chi connectivity index (χ0) is 15.6. The molecular weight excluding hydrogens is 293 g/mol. The molecular formula is C13H12F5N3. The Morgan fingerprint density at radius 1 is 1.14 bits per heavy atom. The summed E-state index contributed by atoms with van der Waals surface area (Å²) >= 11 is 0. The van der Waals surface area contributed by atoms with Crippen molar-refractivity contribution in [2.75, 3.05) is 5.32 Å². The fraction of sp³-hybridized carbons (Fsp3) is 0.308. The number of nitrogens with one attached hydrogen (secondary N) is 1. The van der Waals surface area contributed by atoms with Gasteiger partial charge in [-0.3, -0.25) is 4.68 Å². The predicted octanol–water partition coefficient (Wildman–Crippen LogP) is 3.81. The Kier molecular flexibility index (Phi) is 4.15. The van der Waals surface area contributed by atoms with Crippen molar-refractivity contribution in [3.8, 4) is 0 Å². The van der Waals surface area contributed by atoms with Gasteiger partial charge in [0, 0.05) is 18.3 Å². The van der Waals surface area contributed by atoms with Crippen molar-refractivity contribution in [1.82, 2.24) is 9.78 Å². The zero-order valence-corrected chi connectivity index (χ0v) is 11.0. The maximum Gasteiger partial charge on any atom is 0.433 e. The standard InChI is InChI=1S/C13H12F5N3/c1-2-21-12(13(16,17)18)6-9(20-21)7-19-8-3-4-10(14)11(15)5-8/h3-6,19H,2,7H2,1H3. The van der Waals surface area contributed by atoms with Gasteiger partial charge in [-0.05, 0) is 25.1 Å². The Bertz CT molecular complexity index is 633. The van der Waals surface area contributed by atoms with Gasteiger partial charge in [0.15, 0.2) is 11.6 Å². The Morgan fingerprint density at radius 2 is 1.86 bits per heavy atom. The Morgan fingerprint density at radius 3 is 2.38 bits per heavy atom. The molecule has 0 saturated heterocycles. The molecule has 0 saturated carbocycles. The summed E-state index contributed by atoms with van der Waals surface area (Å²) in [6, 6.07) is 4.08. The molecule has 1 aromatic heterocycles. The molecule has 0 unspecified atom stereocenters. The van der Waals surface area contributed by atoms with Gasteiger partial charge in [-0.25, -0.2) is 8.78 Å². The summed E-state index contributed by atoms with van der Waals surface area (Å²) in [7, 11) is 0. The van der Waals surface area contributed by atoms with Crippen molar-refractivity contribution >= 4 is 5.69 Å². The molecule has 2 aromatic rings. The quantitative estimate of drug-likeness (QED) is 0.871. The van der Waals surface area contributed by atoms with E-state index in [1.807, 2.05) is 0 Å². The highest BCUT2D eigenvalue weighted by Crippen LogP contribution is 2.30. The minimum atomic E-state index is -4.48. The van der Waals surface area contributed by atoms with Crippen LogP contribution in [0.25, 0.3) is 0 Å². The zero-order valence-electron chi connectivity index (χ0n) is 11.0. The van der Waals surface area contributed by atoms with E-state index in [0.29, 0.717) is 0 Å². The lowest BCUT2D eigenvalue weighted by molar-refractivity contribution is -0.144. The van der Waals surface area contributed by atoms with Gasteiger partial charge >= 0.3 is 6.18 Å². The van der Waals surface area contributed by atoms with E-state index in [9.17, 15) is 22.0 Å². The van der Waals surface area contributed by atoms with Gasteiger partial charge in [-0.2, -0.15) is 18.3 Å². The second-order valence-corrected chi connectivity index (χ2v) is 4.32. The number of nitrogens with zero attached hydrogens (tertiary/aromatic N) is 2. The molecule has 1 N–H and O–H groups in total. The van der Waals surface area contributed by atoms with Crippen LogP contribution < -0.4 is 5.32 Å². The average molecular weight is 305 g/mol. The third kappa shape index (κ3) is 3.50. The molecule has 0 aliphatic carbocycles. The molecule has 3 nitrogen and oxygen atoms in total. The minimum Gasteiger partial charge on any atom is -0.379 e. The van der Waals surface area contributed by atoms with Crippen molar-refractivity contribution in [1.29, 1.82) is 0 Å². The number of alkyl halides is 3. The molecule has 0 amide bonds. The van der Waals surface area contributed by atoms with Crippen LogP contribution in [0, 0.1) is 11.6 Å². The third-order valence-corrected chi connectivity index (χ3v) is 2.81. The van der Waals surface area contributed by atoms with Gasteiger partial charge in [0.2, 0.25) is 0 Å². The topological polar surface area (TPSA) is 29.9 Å². The highest BCUT2D eigenvalue weighted by atomic mass is 19.4. The molecule has 0 aliphatic heterocycles. The highest BCUT2D eigenvalue weighted by molar-refractivity contribution is 5.43. The molecule has 1 heterocycles. The van der Waals surface area contributed by atoms with Gasteiger partial charge in [0.25, 0.3) is 0 Å². The van der Waals surface area contributed by atoms with E-state index in [2.05, 4.69) is 10.4 Å². The summed E-state index contributed by atoms with van der Waals surface area (Å²) in [6.45, 7) is 1.61. The van der Waals surface area contributed by atoms with Crippen LogP contribution in [-0.2, 0) is 19.3 Å². The normalized spacial score (nSPS) is 11.7. The Labute approximate surface area is 117 Å². The molecule has 21 heavy (non-hydrogen) atoms. The van der Waals surface area contributed by atoms with Crippen molar-refractivity contribution in [2.45, 2.75) is 26.2 Å². The second kappa shape index (κ2) is 5.71. The molecule has 1 aromatic carbocycles. The van der Waals surface area contributed by atoms with Crippen molar-refractivity contribution < 1.29 is 22.0 Å². The van der Waals surface area contributed by atoms with Crippen LogP contribution in [0.5, 0.6) is 0 Å². The molecule has 0 atom stereocenters. The third-order valence-electron chi connectivity index (χ3n) is 2.81. The number of halogens is 5. The number of hydrogen-bond donors (Lipinski definition) is 1. The molecule has 0 radical (unpaired) electrons. The number of hydrogen-bond acceptors (Lipinski definition) is 2. The monoisotopic (exact) mass is 305 g/mol. The number of benzene rings is 1. The smallest absolute Gasteiger partial charge is 0.379 e. The predicted molar refractivity (Wildman–Crippen MR) is 66.6 cm³/mol. The van der Waals surface area contributed by atoms with Gasteiger partial charge in [-0.1, -0.05) is 0 Å². The van der Waals surface area contributed by atoms with E-state index in [0.717, 1.165) is 22.9 Å². The lowest BCUT2D eigenvalue weighted by Crippen LogP contribution is -2.13. The van der Waals surface area contributed by atoms with Crippen LogP contribution >= 0.6 is 0 Å². The van der Waals surface area contributed by atoms with Crippen LogP contribution in [-0.4, -0.2) is 9.78 Å². The maximum absolute atomic E-state index is 13.0. The summed E-state index contributed by atoms with van der Waals surface area (Å²) in [4.78, 5) is 0. The van der Waals surface area contributed by atoms with Crippen LogP contribution in [0.2, 0.25) is 0 Å². The average Bonchev–Trinajstić information content (AvgIpc) is 2.83. The largest absolute Gasteiger partial charge is 0.433 e. The fourth-order valence-corrected chi connectivity index (χ4v) is 1.82. The number of anilines is 1. The first-order valence-corrected chi connectivity index (χ1v) is 6.14. The van der Waals surface area contributed by atoms with Gasteiger partial charge < -0.3 is 5.32 Å². The summed E-state index contributed by atoms with van der Waals surface area (Å²) in [5, 5.41) is 6.51. The summed E-state index contributed by atoms with van der Waals surface area (Å²) in [5.41, 5.74) is -0.422. The van der Waals surface area contributed by atoms with Crippen molar-refractivity contribution in [3.05, 3.63) is 47.3 Å². The van der Waals surface area contributed by atoms with Gasteiger partial charge in [0.1, 0.15) is 5.69 Å². The van der Waals surface area contributed by atoms with Crippen LogP contribution in [0.15, 0.2) is 24.3 Å². The Hall–Kier alpha value is -2.12. The summed E-state index contributed by atoms with van der Waals surface area (Å²) < 4.78 is 64.8. The minimum absolute atomic E-state index is 0.0266. The lowest BCUT2D eigenvalue weighted by atomic mass is 10.3. The van der Waals surface area contributed by atoms with Crippen molar-refractivity contribution in [2.24, 2.45) is 0 Å². The first kappa shape index (κ1) is 15.3. The van der Waals surface area contributed by atoms with Gasteiger partial charge in [-0.15, -0.1) is 0 Å². The molecule has 8 heteroatoms. The number of aromatic nitrogens is 2. The Balaban J connectivity index is 2.13. The SMILES string of the molecule is CCn1nc(CNc2ccc(F)c(F)c2)cc1C(F)(F)F. The maximum atomic E-state index is 13.0. The van der Waals surface area contributed by atoms with E-state index in [1.165, 1.54) is 6.07 Å². The van der Waals surface area contributed by atoms with E-state index in [-0.39, 0.29) is 24.5 Å². The van der Waals surface area contributed by atoms with Crippen LogP contribution in [0.3, 0.4) is 0 Å². The summed E-state index contributed by atoms with van der Waals surface area (Å²) in [6.07, 6.45) is -4.48. The molecule has 0 bridgehead atoms. The molecule has 0 spiro atoms. The van der Waals surface area contributed by atoms with E-state index in [1.54, 1.807) is 6.92 Å². The van der Waals surface area contributed by atoms with Crippen LogP contribution in [0.4, 0.5) is 27.6 Å². The number of rotatable bonds is 4. The fourth-order valence-electron chi connectivity index (χ4n) is 1.82. The summed E-state index contributed by atoms with van der Waals surface area (Å²) in [5.74, 6) is -2.02. The molecule has 0 fully saturated rings. The molecule has 114 valence electrons. The van der Waals surface area contributed by atoms with Crippen molar-refractivity contribution in [3.63, 3.8) is 0 Å². The van der Waals surface area contributed by atoms with E-state index >= 15 is 0 Å². The number of aryl methyl sites for hydroxylation is 1. The molecule has 2 rings (SSSR count). The highest BCUT2D eigenvalue weighted by Gasteiger charge is 2.35. The first-order valence-electron chi connectivity index (χ1n) is 6.14. The lowest BCUT2D eigenvalue weighted by Gasteiger charge is -2.07. The molecule has 0 aliphatic rings. The second-order valence-electron chi connectivity index (χ2n) is 4.32.